The van der Waals surface area contributed by atoms with E-state index in [9.17, 15) is 5.11 Å². The van der Waals surface area contributed by atoms with Crippen LogP contribution < -0.4 is 5.32 Å². The molecule has 4 rings (SSSR count). The summed E-state index contributed by atoms with van der Waals surface area (Å²) in [4.78, 5) is 2.57. The van der Waals surface area contributed by atoms with Crippen molar-refractivity contribution >= 4 is 0 Å². The number of aliphatic hydroxyl groups is 1. The molecule has 1 unspecified atom stereocenters. The fourth-order valence-electron chi connectivity index (χ4n) is 3.56. The van der Waals surface area contributed by atoms with Crippen molar-refractivity contribution in [3.05, 3.63) is 0 Å². The molecule has 3 aliphatic heterocycles. The molecule has 0 aromatic rings. The van der Waals surface area contributed by atoms with E-state index in [1.165, 1.54) is 45.3 Å². The second-order valence-corrected chi connectivity index (χ2v) is 5.52. The Morgan fingerprint density at radius 1 is 1.00 bits per heavy atom. The van der Waals surface area contributed by atoms with Crippen LogP contribution in [0.15, 0.2) is 0 Å². The maximum absolute atomic E-state index is 9.81. The maximum Gasteiger partial charge on any atom is 0.0693 e. The molecule has 3 heteroatoms. The van der Waals surface area contributed by atoms with E-state index >= 15 is 0 Å². The van der Waals surface area contributed by atoms with Crippen molar-refractivity contribution in [2.24, 2.45) is 5.92 Å². The predicted molar refractivity (Wildman–Crippen MR) is 59.7 cm³/mol. The van der Waals surface area contributed by atoms with Crippen molar-refractivity contribution in [1.82, 2.24) is 10.2 Å². The van der Waals surface area contributed by atoms with Gasteiger partial charge in [0.25, 0.3) is 0 Å². The molecule has 2 bridgehead atoms. The number of nitrogens with one attached hydrogen (secondary N) is 1. The quantitative estimate of drug-likeness (QED) is 0.700. The van der Waals surface area contributed by atoms with Gasteiger partial charge in [-0.15, -0.1) is 0 Å². The minimum atomic E-state index is -0.0829. The summed E-state index contributed by atoms with van der Waals surface area (Å²) in [6, 6.07) is 1.04. The third-order valence-electron chi connectivity index (χ3n) is 4.56. The highest BCUT2D eigenvalue weighted by atomic mass is 16.3. The van der Waals surface area contributed by atoms with Crippen LogP contribution in [0.4, 0.5) is 0 Å². The van der Waals surface area contributed by atoms with Crippen LogP contribution in [-0.2, 0) is 0 Å². The molecule has 4 fully saturated rings. The number of rotatable bonds is 2. The average Bonchev–Trinajstić information content (AvgIpc) is 2.66. The van der Waals surface area contributed by atoms with Gasteiger partial charge < -0.3 is 15.3 Å². The van der Waals surface area contributed by atoms with Crippen LogP contribution in [0.25, 0.3) is 0 Å². The van der Waals surface area contributed by atoms with Crippen molar-refractivity contribution in [2.45, 2.75) is 50.3 Å². The van der Waals surface area contributed by atoms with Crippen LogP contribution in [0.5, 0.6) is 0 Å². The van der Waals surface area contributed by atoms with Gasteiger partial charge in [0.1, 0.15) is 0 Å². The molecule has 0 spiro atoms. The summed E-state index contributed by atoms with van der Waals surface area (Å²) < 4.78 is 0. The van der Waals surface area contributed by atoms with Crippen molar-refractivity contribution in [1.29, 1.82) is 0 Å². The summed E-state index contributed by atoms with van der Waals surface area (Å²) >= 11 is 0. The summed E-state index contributed by atoms with van der Waals surface area (Å²) in [5.74, 6) is 0.878. The highest BCUT2D eigenvalue weighted by molar-refractivity contribution is 4.94. The van der Waals surface area contributed by atoms with Gasteiger partial charge in [-0.3, -0.25) is 0 Å². The fourth-order valence-corrected chi connectivity index (χ4v) is 3.56. The molecule has 3 atom stereocenters. The normalized spacial score (nSPS) is 49.8. The van der Waals surface area contributed by atoms with E-state index in [2.05, 4.69) is 10.2 Å². The van der Waals surface area contributed by atoms with E-state index in [1.807, 2.05) is 0 Å². The summed E-state index contributed by atoms with van der Waals surface area (Å²) in [6.45, 7) is 3.82. The first-order chi connectivity index (χ1) is 7.33. The van der Waals surface area contributed by atoms with Crippen LogP contribution in [0.1, 0.15) is 32.1 Å². The van der Waals surface area contributed by atoms with Crippen LogP contribution >= 0.6 is 0 Å². The molecule has 0 radical (unpaired) electrons. The fraction of sp³-hybridized carbons (Fsp3) is 1.00. The zero-order chi connectivity index (χ0) is 10.3. The van der Waals surface area contributed by atoms with Gasteiger partial charge in [0.05, 0.1) is 6.10 Å². The molecular weight excluding hydrogens is 188 g/mol. The molecule has 0 amide bonds. The molecule has 0 aromatic carbocycles. The zero-order valence-corrected chi connectivity index (χ0v) is 9.36. The number of hydrogen-bond acceptors (Lipinski definition) is 3. The Kier molecular flexibility index (Phi) is 2.71. The highest BCUT2D eigenvalue weighted by Crippen LogP contribution is 2.29. The largest absolute Gasteiger partial charge is 0.392 e. The molecule has 2 N–H and O–H groups in total. The van der Waals surface area contributed by atoms with Gasteiger partial charge in [-0.2, -0.15) is 0 Å². The first-order valence-electron chi connectivity index (χ1n) is 6.49. The third-order valence-corrected chi connectivity index (χ3v) is 4.56. The van der Waals surface area contributed by atoms with E-state index < -0.39 is 0 Å². The maximum atomic E-state index is 9.81. The van der Waals surface area contributed by atoms with Gasteiger partial charge in [0, 0.05) is 18.6 Å². The first-order valence-corrected chi connectivity index (χ1v) is 6.49. The Hall–Kier alpha value is -0.120. The van der Waals surface area contributed by atoms with Gasteiger partial charge in [-0.1, -0.05) is 0 Å². The predicted octanol–water partition coefficient (Wildman–Crippen LogP) is 0.584. The first kappa shape index (κ1) is 10.1. The van der Waals surface area contributed by atoms with Crippen LogP contribution in [0.2, 0.25) is 0 Å². The number of aliphatic hydroxyl groups excluding tert-OH is 1. The number of nitrogens with zero attached hydrogens (tertiary/aromatic N) is 1. The molecule has 0 aromatic heterocycles. The summed E-state index contributed by atoms with van der Waals surface area (Å²) in [7, 11) is 0. The van der Waals surface area contributed by atoms with Gasteiger partial charge in [0.15, 0.2) is 0 Å². The minimum absolute atomic E-state index is 0.0829. The van der Waals surface area contributed by atoms with Crippen molar-refractivity contribution in [2.75, 3.05) is 19.6 Å². The highest BCUT2D eigenvalue weighted by Gasteiger charge is 2.36. The molecule has 15 heavy (non-hydrogen) atoms. The van der Waals surface area contributed by atoms with Crippen LogP contribution in [0, 0.1) is 5.92 Å². The lowest BCUT2D eigenvalue weighted by atomic mass is 9.83. The molecule has 3 heterocycles. The summed E-state index contributed by atoms with van der Waals surface area (Å²) in [5, 5.41) is 13.5. The van der Waals surface area contributed by atoms with Crippen LogP contribution in [-0.4, -0.2) is 47.8 Å². The van der Waals surface area contributed by atoms with Crippen molar-refractivity contribution < 1.29 is 5.11 Å². The Balaban J connectivity index is 1.59. The van der Waals surface area contributed by atoms with Gasteiger partial charge in [0.2, 0.25) is 0 Å². The van der Waals surface area contributed by atoms with E-state index in [4.69, 9.17) is 0 Å². The van der Waals surface area contributed by atoms with Crippen molar-refractivity contribution in [3.8, 4) is 0 Å². The molecular formula is C12H22N2O. The molecule has 3 nitrogen and oxygen atoms in total. The molecule has 3 saturated heterocycles. The third kappa shape index (κ3) is 1.93. The van der Waals surface area contributed by atoms with Gasteiger partial charge in [-0.25, -0.2) is 0 Å². The van der Waals surface area contributed by atoms with Gasteiger partial charge in [-0.05, 0) is 51.1 Å². The Morgan fingerprint density at radius 3 is 2.33 bits per heavy atom. The lowest BCUT2D eigenvalue weighted by Gasteiger charge is -2.46. The number of fused-ring (bicyclic) bond motifs is 3. The number of piperidine rings is 3. The summed E-state index contributed by atoms with van der Waals surface area (Å²) in [5.41, 5.74) is 0. The number of hydrogen-bond donors (Lipinski definition) is 2. The second-order valence-electron chi connectivity index (χ2n) is 5.52. The minimum Gasteiger partial charge on any atom is -0.392 e. The van der Waals surface area contributed by atoms with E-state index in [1.54, 1.807) is 0 Å². The Bertz CT molecular complexity index is 226. The lowest BCUT2D eigenvalue weighted by molar-refractivity contribution is 0.0532. The van der Waals surface area contributed by atoms with Gasteiger partial charge >= 0.3 is 0 Å². The molecule has 1 saturated carbocycles. The van der Waals surface area contributed by atoms with Crippen LogP contribution in [0.3, 0.4) is 0 Å². The lowest BCUT2D eigenvalue weighted by Crippen LogP contribution is -2.59. The molecule has 1 aliphatic carbocycles. The SMILES string of the molecule is O[C@H]1CCC[C@@H]1NC1CN2CCC1CC2. The zero-order valence-electron chi connectivity index (χ0n) is 9.36. The van der Waals surface area contributed by atoms with E-state index in [-0.39, 0.29) is 6.10 Å². The second kappa shape index (κ2) is 4.04. The monoisotopic (exact) mass is 210 g/mol. The topological polar surface area (TPSA) is 35.5 Å². The molecule has 86 valence electrons. The Labute approximate surface area is 91.8 Å². The smallest absolute Gasteiger partial charge is 0.0693 e. The summed E-state index contributed by atoms with van der Waals surface area (Å²) in [6.07, 6.45) is 6.00. The van der Waals surface area contributed by atoms with E-state index in [0.29, 0.717) is 12.1 Å². The Morgan fingerprint density at radius 2 is 1.80 bits per heavy atom. The average molecular weight is 210 g/mol. The standard InChI is InChI=1S/C12H22N2O/c15-12-3-1-2-10(12)13-11-8-14-6-4-9(11)5-7-14/h9-13,15H,1-8H2/t10-,11?,12-/m0/s1. The molecule has 4 aliphatic rings. The van der Waals surface area contributed by atoms with E-state index in [0.717, 1.165) is 12.3 Å². The van der Waals surface area contributed by atoms with Crippen molar-refractivity contribution in [3.63, 3.8) is 0 Å².